The Kier molecular flexibility index (Phi) is 13.9. The van der Waals surface area contributed by atoms with Crippen molar-refractivity contribution in [2.45, 2.75) is 90.8 Å². The van der Waals surface area contributed by atoms with Crippen LogP contribution in [0.4, 0.5) is 11.6 Å². The van der Waals surface area contributed by atoms with Crippen LogP contribution in [-0.4, -0.2) is 82.3 Å². The Hall–Kier alpha value is -4.77. The van der Waals surface area contributed by atoms with Gasteiger partial charge in [0.2, 0.25) is 5.91 Å². The zero-order valence-corrected chi connectivity index (χ0v) is 30.4. The topological polar surface area (TPSA) is 152 Å². The van der Waals surface area contributed by atoms with Gasteiger partial charge in [-0.05, 0) is 81.8 Å². The summed E-state index contributed by atoms with van der Waals surface area (Å²) in [6.45, 7) is 12.3. The zero-order chi connectivity index (χ0) is 36.2. The van der Waals surface area contributed by atoms with E-state index in [1.54, 1.807) is 42.7 Å². The normalized spacial score (nSPS) is 17.2. The minimum atomic E-state index is -0.166. The molecular weight excluding hydrogens is 628 g/mol. The number of amidine groups is 1. The van der Waals surface area contributed by atoms with Crippen LogP contribution in [0.3, 0.4) is 0 Å². The maximum atomic E-state index is 12.4. The SMILES string of the molecule is CC.CC(C)c1ccnc(N)c1C(N)=NC1CCN(C(=O)/C=C/CN(C)C2CC2)C1.Cc1ccc(C(=O)Nc2cc(OC3CC3)ccn2)cc1. The fraction of sp³-hybridized carbons (Fsp3) is 0.462. The van der Waals surface area contributed by atoms with Gasteiger partial charge < -0.3 is 26.4 Å². The number of anilines is 2. The van der Waals surface area contributed by atoms with E-state index in [1.807, 2.05) is 49.9 Å². The third-order valence-electron chi connectivity index (χ3n) is 8.63. The number of likely N-dealkylation sites (tertiary alicyclic amines) is 1. The van der Waals surface area contributed by atoms with Crippen molar-refractivity contribution in [2.75, 3.05) is 37.7 Å². The monoisotopic (exact) mass is 682 g/mol. The number of pyridine rings is 2. The van der Waals surface area contributed by atoms with E-state index >= 15 is 0 Å². The van der Waals surface area contributed by atoms with E-state index in [-0.39, 0.29) is 23.8 Å². The van der Waals surface area contributed by atoms with Crippen molar-refractivity contribution in [1.29, 1.82) is 0 Å². The molecular formula is C39H54N8O3. The standard InChI is InChI=1S/C21H32N6O.C16H16N2O2.C2H6/c1-14(2)17-8-10-24-20(22)19(17)21(23)25-15-9-12-27(13-15)18(28)5-4-11-26(3)16-6-7-16;1-11-2-4-12(5-3-11)16(19)18-15-10-14(8-9-17-15)20-13-6-7-13;1-2/h4-5,8,10,14-16H,6-7,9,11-13H2,1-3H3,(H2,22,24)(H2,23,25);2-5,8-10,13H,6-7H2,1H3,(H,17,18,19);1-2H3/b5-4+;;. The highest BCUT2D eigenvalue weighted by Gasteiger charge is 2.27. The van der Waals surface area contributed by atoms with Gasteiger partial charge in [-0.15, -0.1) is 0 Å². The molecule has 6 rings (SSSR count). The number of ether oxygens (including phenoxy) is 1. The van der Waals surface area contributed by atoms with Crippen LogP contribution in [0.1, 0.15) is 92.8 Å². The molecule has 3 fully saturated rings. The summed E-state index contributed by atoms with van der Waals surface area (Å²) in [6, 6.07) is 13.6. The van der Waals surface area contributed by atoms with Gasteiger partial charge in [0.15, 0.2) is 0 Å². The van der Waals surface area contributed by atoms with Gasteiger partial charge in [0, 0.05) is 55.8 Å². The summed E-state index contributed by atoms with van der Waals surface area (Å²) in [6.07, 6.45) is 12.9. The molecule has 1 aliphatic heterocycles. The number of benzene rings is 1. The van der Waals surface area contributed by atoms with Gasteiger partial charge in [0.05, 0.1) is 17.7 Å². The minimum absolute atomic E-state index is 0.00824. The van der Waals surface area contributed by atoms with Crippen LogP contribution in [0, 0.1) is 6.92 Å². The molecule has 0 bridgehead atoms. The number of carbonyl (C=O) groups excluding carboxylic acids is 2. The molecule has 2 aromatic heterocycles. The first-order valence-electron chi connectivity index (χ1n) is 17.8. The lowest BCUT2D eigenvalue weighted by Crippen LogP contribution is -2.29. The highest BCUT2D eigenvalue weighted by atomic mass is 16.5. The summed E-state index contributed by atoms with van der Waals surface area (Å²) in [5.74, 6) is 2.23. The molecule has 11 nitrogen and oxygen atoms in total. The number of carbonyl (C=O) groups is 2. The van der Waals surface area contributed by atoms with Crippen molar-refractivity contribution < 1.29 is 14.3 Å². The number of nitrogens with two attached hydrogens (primary N) is 2. The van der Waals surface area contributed by atoms with Gasteiger partial charge in [-0.1, -0.05) is 51.5 Å². The summed E-state index contributed by atoms with van der Waals surface area (Å²) in [7, 11) is 2.10. The molecule has 1 unspecified atom stereocenters. The van der Waals surface area contributed by atoms with Crippen LogP contribution in [0.25, 0.3) is 0 Å². The average molecular weight is 683 g/mol. The second-order valence-electron chi connectivity index (χ2n) is 13.1. The van der Waals surface area contributed by atoms with E-state index in [1.165, 1.54) is 12.8 Å². The van der Waals surface area contributed by atoms with Crippen molar-refractivity contribution in [1.82, 2.24) is 19.8 Å². The van der Waals surface area contributed by atoms with E-state index in [9.17, 15) is 9.59 Å². The number of likely N-dealkylation sites (N-methyl/N-ethyl adjacent to an activating group) is 1. The number of aryl methyl sites for hydroxylation is 1. The Bertz CT molecular complexity index is 1630. The fourth-order valence-electron chi connectivity index (χ4n) is 5.48. The molecule has 3 aliphatic rings. The van der Waals surface area contributed by atoms with Crippen LogP contribution in [0.5, 0.6) is 5.75 Å². The number of nitrogen functional groups attached to an aromatic ring is 1. The van der Waals surface area contributed by atoms with Gasteiger partial charge in [-0.2, -0.15) is 0 Å². The smallest absolute Gasteiger partial charge is 0.256 e. The second kappa shape index (κ2) is 18.3. The Morgan fingerprint density at radius 3 is 2.42 bits per heavy atom. The third-order valence-corrected chi connectivity index (χ3v) is 8.63. The average Bonchev–Trinajstić information content (AvgIpc) is 4.05. The lowest BCUT2D eigenvalue weighted by molar-refractivity contribution is -0.125. The lowest BCUT2D eigenvalue weighted by Gasteiger charge is -2.16. The van der Waals surface area contributed by atoms with E-state index in [0.29, 0.717) is 48.3 Å². The molecule has 1 saturated heterocycles. The molecule has 268 valence electrons. The first-order valence-corrected chi connectivity index (χ1v) is 17.8. The molecule has 3 aromatic rings. The molecule has 2 amide bonds. The Morgan fingerprint density at radius 2 is 1.76 bits per heavy atom. The highest BCUT2D eigenvalue weighted by molar-refractivity contribution is 6.04. The summed E-state index contributed by atoms with van der Waals surface area (Å²) >= 11 is 0. The first-order chi connectivity index (χ1) is 24.1. The molecule has 2 saturated carbocycles. The maximum Gasteiger partial charge on any atom is 0.256 e. The van der Waals surface area contributed by atoms with Crippen LogP contribution in [0.2, 0.25) is 0 Å². The highest BCUT2D eigenvalue weighted by Crippen LogP contribution is 2.28. The maximum absolute atomic E-state index is 12.4. The number of aromatic nitrogens is 2. The Balaban J connectivity index is 0.000000224. The number of nitrogens with one attached hydrogen (secondary N) is 1. The number of amides is 2. The fourth-order valence-corrected chi connectivity index (χ4v) is 5.48. The van der Waals surface area contributed by atoms with Gasteiger partial charge in [0.25, 0.3) is 5.91 Å². The molecule has 5 N–H and O–H groups in total. The van der Waals surface area contributed by atoms with Crippen LogP contribution >= 0.6 is 0 Å². The Labute approximate surface area is 297 Å². The number of rotatable bonds is 11. The number of aliphatic imine (C=N–C) groups is 1. The van der Waals surface area contributed by atoms with Crippen molar-refractivity contribution in [3.8, 4) is 5.75 Å². The quantitative estimate of drug-likeness (QED) is 0.127. The van der Waals surface area contributed by atoms with Crippen molar-refractivity contribution >= 4 is 29.3 Å². The summed E-state index contributed by atoms with van der Waals surface area (Å²) in [5.41, 5.74) is 15.9. The van der Waals surface area contributed by atoms with Crippen molar-refractivity contribution in [3.05, 3.63) is 89.3 Å². The van der Waals surface area contributed by atoms with Crippen molar-refractivity contribution in [2.24, 2.45) is 10.7 Å². The van der Waals surface area contributed by atoms with Gasteiger partial charge >= 0.3 is 0 Å². The van der Waals surface area contributed by atoms with Gasteiger partial charge in [-0.25, -0.2) is 9.97 Å². The zero-order valence-electron chi connectivity index (χ0n) is 30.4. The predicted molar refractivity (Wildman–Crippen MR) is 202 cm³/mol. The molecule has 11 heteroatoms. The number of hydrogen-bond donors (Lipinski definition) is 3. The summed E-state index contributed by atoms with van der Waals surface area (Å²) < 4.78 is 5.68. The summed E-state index contributed by atoms with van der Waals surface area (Å²) in [4.78, 5) is 41.6. The van der Waals surface area contributed by atoms with Crippen LogP contribution in [-0.2, 0) is 4.79 Å². The predicted octanol–water partition coefficient (Wildman–Crippen LogP) is 5.95. The minimum Gasteiger partial charge on any atom is -0.490 e. The second-order valence-corrected chi connectivity index (χ2v) is 13.1. The molecule has 0 radical (unpaired) electrons. The van der Waals surface area contributed by atoms with E-state index in [2.05, 4.69) is 46.1 Å². The third kappa shape index (κ3) is 11.4. The van der Waals surface area contributed by atoms with Crippen molar-refractivity contribution in [3.63, 3.8) is 0 Å². The molecule has 0 spiro atoms. The Morgan fingerprint density at radius 1 is 1.06 bits per heavy atom. The van der Waals surface area contributed by atoms with Crippen LogP contribution in [0.15, 0.2) is 72.0 Å². The van der Waals surface area contributed by atoms with E-state index in [4.69, 9.17) is 16.2 Å². The first kappa shape index (κ1) is 38.0. The summed E-state index contributed by atoms with van der Waals surface area (Å²) in [5, 5.41) is 2.78. The van der Waals surface area contributed by atoms with E-state index in [0.717, 1.165) is 48.2 Å². The van der Waals surface area contributed by atoms with Crippen LogP contribution < -0.4 is 21.5 Å². The lowest BCUT2D eigenvalue weighted by atomic mass is 9.97. The van der Waals surface area contributed by atoms with E-state index < -0.39 is 0 Å². The molecule has 50 heavy (non-hydrogen) atoms. The van der Waals surface area contributed by atoms with Gasteiger partial charge in [0.1, 0.15) is 23.2 Å². The molecule has 3 heterocycles. The molecule has 2 aliphatic carbocycles. The number of nitrogens with zero attached hydrogens (tertiary/aromatic N) is 5. The number of hydrogen-bond acceptors (Lipinski definition) is 8. The molecule has 1 atom stereocenters. The van der Waals surface area contributed by atoms with Gasteiger partial charge in [-0.3, -0.25) is 19.5 Å². The largest absolute Gasteiger partial charge is 0.490 e. The molecule has 1 aromatic carbocycles.